The van der Waals surface area contributed by atoms with Crippen LogP contribution in [0.4, 0.5) is 0 Å². The van der Waals surface area contributed by atoms with E-state index in [1.807, 2.05) is 32.0 Å². The number of fused-ring (bicyclic) bond motifs is 1. The van der Waals surface area contributed by atoms with E-state index in [1.54, 1.807) is 12.1 Å². The van der Waals surface area contributed by atoms with Crippen molar-refractivity contribution in [2.24, 2.45) is 0 Å². The number of rotatable bonds is 3. The summed E-state index contributed by atoms with van der Waals surface area (Å²) in [6.07, 6.45) is 0. The summed E-state index contributed by atoms with van der Waals surface area (Å²) in [6.45, 7) is 4.00. The van der Waals surface area contributed by atoms with Crippen LogP contribution in [-0.2, 0) is 4.74 Å². The zero-order valence-electron chi connectivity index (χ0n) is 14.9. The average Bonchev–Trinajstić information content (AvgIpc) is 3.31. The molecule has 6 nitrogen and oxygen atoms in total. The van der Waals surface area contributed by atoms with Gasteiger partial charge in [-0.05, 0) is 49.2 Å². The molecule has 0 amide bonds. The second-order valence-corrected chi connectivity index (χ2v) is 6.57. The highest BCUT2D eigenvalue weighted by atomic mass is 35.5. The second kappa shape index (κ2) is 6.55. The minimum atomic E-state index is -0.470. The topological polar surface area (TPSA) is 78.4 Å². The number of aromatic nitrogens is 2. The Morgan fingerprint density at radius 2 is 1.89 bits per heavy atom. The Bertz CT molecular complexity index is 1140. The summed E-state index contributed by atoms with van der Waals surface area (Å²) in [7, 11) is 1.31. The molecule has 27 heavy (non-hydrogen) atoms. The Morgan fingerprint density at radius 1 is 1.11 bits per heavy atom. The van der Waals surface area contributed by atoms with Gasteiger partial charge < -0.3 is 13.7 Å². The van der Waals surface area contributed by atoms with Gasteiger partial charge in [0.25, 0.3) is 5.89 Å². The Hall–Kier alpha value is -3.12. The van der Waals surface area contributed by atoms with E-state index in [9.17, 15) is 4.79 Å². The first-order valence-corrected chi connectivity index (χ1v) is 8.58. The number of ether oxygens (including phenoxy) is 1. The average molecular weight is 383 g/mol. The summed E-state index contributed by atoms with van der Waals surface area (Å²) in [5, 5.41) is 5.32. The molecular formula is C20H15ClN2O4. The van der Waals surface area contributed by atoms with Crippen LogP contribution in [0.3, 0.4) is 0 Å². The molecule has 2 aromatic carbocycles. The molecule has 0 unspecified atom stereocenters. The predicted molar refractivity (Wildman–Crippen MR) is 101 cm³/mol. The molecule has 136 valence electrons. The maximum atomic E-state index is 11.6. The molecule has 7 heteroatoms. The van der Waals surface area contributed by atoms with Crippen LogP contribution < -0.4 is 0 Å². The summed E-state index contributed by atoms with van der Waals surface area (Å²) in [5.74, 6) is 0.607. The van der Waals surface area contributed by atoms with Crippen molar-refractivity contribution in [3.05, 3.63) is 58.1 Å². The van der Waals surface area contributed by atoms with Crippen LogP contribution in [0.25, 0.3) is 34.0 Å². The Kier molecular flexibility index (Phi) is 4.20. The van der Waals surface area contributed by atoms with E-state index in [0.29, 0.717) is 27.7 Å². The third-order valence-electron chi connectivity index (χ3n) is 4.37. The fraction of sp³-hybridized carbons (Fsp3) is 0.150. The van der Waals surface area contributed by atoms with Gasteiger partial charge in [-0.15, -0.1) is 0 Å². The molecule has 2 aromatic heterocycles. The zero-order chi connectivity index (χ0) is 19.1. The predicted octanol–water partition coefficient (Wildman–Crippen LogP) is 5.21. The molecule has 0 spiro atoms. The number of furan rings is 1. The van der Waals surface area contributed by atoms with Crippen molar-refractivity contribution in [3.8, 4) is 23.0 Å². The fourth-order valence-corrected chi connectivity index (χ4v) is 3.13. The van der Waals surface area contributed by atoms with Gasteiger partial charge in [-0.3, -0.25) is 0 Å². The fourth-order valence-electron chi connectivity index (χ4n) is 2.87. The molecule has 0 atom stereocenters. The van der Waals surface area contributed by atoms with E-state index in [1.165, 1.54) is 13.2 Å². The van der Waals surface area contributed by atoms with Crippen molar-refractivity contribution in [2.45, 2.75) is 13.8 Å². The summed E-state index contributed by atoms with van der Waals surface area (Å²) >= 11 is 6.27. The number of halogens is 1. The number of hydrogen-bond donors (Lipinski definition) is 0. The molecule has 2 heterocycles. The van der Waals surface area contributed by atoms with Gasteiger partial charge in [0.05, 0.1) is 23.3 Å². The van der Waals surface area contributed by atoms with E-state index in [2.05, 4.69) is 14.9 Å². The van der Waals surface area contributed by atoms with Crippen LogP contribution in [0, 0.1) is 13.8 Å². The Balaban J connectivity index is 1.73. The number of hydrogen-bond acceptors (Lipinski definition) is 6. The number of carbonyl (C=O) groups excluding carboxylic acids is 1. The lowest BCUT2D eigenvalue weighted by Gasteiger charge is -2.02. The van der Waals surface area contributed by atoms with Crippen molar-refractivity contribution >= 4 is 28.5 Å². The SMILES string of the molecule is COC(=O)c1ccc(-c2nc(-c3cc4c(C)ccc(C)c4o3)no2)c(Cl)c1. The van der Waals surface area contributed by atoms with Crippen molar-refractivity contribution < 1.29 is 18.5 Å². The monoisotopic (exact) mass is 382 g/mol. The van der Waals surface area contributed by atoms with E-state index < -0.39 is 5.97 Å². The zero-order valence-corrected chi connectivity index (χ0v) is 15.6. The van der Waals surface area contributed by atoms with Crippen LogP contribution in [0.5, 0.6) is 0 Å². The maximum absolute atomic E-state index is 11.6. The van der Waals surface area contributed by atoms with Crippen LogP contribution >= 0.6 is 11.6 Å². The van der Waals surface area contributed by atoms with Crippen molar-refractivity contribution in [3.63, 3.8) is 0 Å². The van der Waals surface area contributed by atoms with Crippen LogP contribution in [0.2, 0.25) is 5.02 Å². The number of benzene rings is 2. The highest BCUT2D eigenvalue weighted by Crippen LogP contribution is 2.33. The number of nitrogens with zero attached hydrogens (tertiary/aromatic N) is 2. The highest BCUT2D eigenvalue weighted by molar-refractivity contribution is 6.33. The maximum Gasteiger partial charge on any atom is 0.337 e. The number of aryl methyl sites for hydroxylation is 2. The largest absolute Gasteiger partial charge is 0.465 e. The van der Waals surface area contributed by atoms with Gasteiger partial charge in [0.2, 0.25) is 5.82 Å². The van der Waals surface area contributed by atoms with E-state index in [-0.39, 0.29) is 5.89 Å². The van der Waals surface area contributed by atoms with Gasteiger partial charge in [0.1, 0.15) is 5.58 Å². The lowest BCUT2D eigenvalue weighted by molar-refractivity contribution is 0.0600. The third kappa shape index (κ3) is 2.98. The molecule has 4 aromatic rings. The first-order valence-electron chi connectivity index (χ1n) is 8.20. The van der Waals surface area contributed by atoms with E-state index in [4.69, 9.17) is 20.5 Å². The second-order valence-electron chi connectivity index (χ2n) is 6.16. The third-order valence-corrected chi connectivity index (χ3v) is 4.68. The molecule has 0 fully saturated rings. The molecule has 0 radical (unpaired) electrons. The van der Waals surface area contributed by atoms with Gasteiger partial charge in [-0.2, -0.15) is 4.98 Å². The quantitative estimate of drug-likeness (QED) is 0.453. The van der Waals surface area contributed by atoms with Crippen molar-refractivity contribution in [1.82, 2.24) is 10.1 Å². The summed E-state index contributed by atoms with van der Waals surface area (Å²) in [5.41, 5.74) is 3.81. The molecule has 0 bridgehead atoms. The Labute approximate surface area is 159 Å². The van der Waals surface area contributed by atoms with Gasteiger partial charge in [-0.25, -0.2) is 4.79 Å². The van der Waals surface area contributed by atoms with Crippen molar-refractivity contribution in [2.75, 3.05) is 7.11 Å². The van der Waals surface area contributed by atoms with Crippen molar-refractivity contribution in [1.29, 1.82) is 0 Å². The smallest absolute Gasteiger partial charge is 0.337 e. The first-order chi connectivity index (χ1) is 13.0. The minimum absolute atomic E-state index is 0.236. The number of carbonyl (C=O) groups is 1. The highest BCUT2D eigenvalue weighted by Gasteiger charge is 2.19. The Morgan fingerprint density at radius 3 is 2.59 bits per heavy atom. The van der Waals surface area contributed by atoms with Gasteiger partial charge in [0.15, 0.2) is 5.76 Å². The molecule has 0 aliphatic carbocycles. The van der Waals surface area contributed by atoms with Crippen LogP contribution in [-0.4, -0.2) is 23.2 Å². The lowest BCUT2D eigenvalue weighted by Crippen LogP contribution is -2.00. The van der Waals surface area contributed by atoms with Gasteiger partial charge in [0, 0.05) is 5.39 Å². The van der Waals surface area contributed by atoms with E-state index in [0.717, 1.165) is 22.1 Å². The standard InChI is InChI=1S/C20H15ClN2O4/c1-10-4-5-11(2)17-14(10)9-16(26-17)18-22-19(27-23-18)13-7-6-12(8-15(13)21)20(24)25-3/h4-9H,1-3H3. The molecule has 0 aliphatic rings. The summed E-state index contributed by atoms with van der Waals surface area (Å²) in [4.78, 5) is 16.0. The van der Waals surface area contributed by atoms with Crippen LogP contribution in [0.15, 0.2) is 45.3 Å². The number of esters is 1. The molecular weight excluding hydrogens is 368 g/mol. The molecule has 0 saturated heterocycles. The minimum Gasteiger partial charge on any atom is -0.465 e. The molecule has 0 aliphatic heterocycles. The lowest BCUT2D eigenvalue weighted by atomic mass is 10.1. The van der Waals surface area contributed by atoms with E-state index >= 15 is 0 Å². The summed E-state index contributed by atoms with van der Waals surface area (Å²) < 4.78 is 16.0. The van der Waals surface area contributed by atoms with Crippen LogP contribution in [0.1, 0.15) is 21.5 Å². The molecule has 0 saturated carbocycles. The normalized spacial score (nSPS) is 11.1. The number of methoxy groups -OCH3 is 1. The van der Waals surface area contributed by atoms with Gasteiger partial charge in [-0.1, -0.05) is 28.9 Å². The molecule has 4 rings (SSSR count). The summed E-state index contributed by atoms with van der Waals surface area (Å²) in [6, 6.07) is 10.7. The molecule has 0 N–H and O–H groups in total. The first kappa shape index (κ1) is 17.3. The van der Waals surface area contributed by atoms with Gasteiger partial charge >= 0.3 is 5.97 Å².